The average Bonchev–Trinajstić information content (AvgIpc) is 3.06. The summed E-state index contributed by atoms with van der Waals surface area (Å²) in [7, 11) is 1.63. The summed E-state index contributed by atoms with van der Waals surface area (Å²) in [5.74, 6) is 1.28. The van der Waals surface area contributed by atoms with Crippen LogP contribution >= 0.6 is 0 Å². The summed E-state index contributed by atoms with van der Waals surface area (Å²) in [5, 5.41) is 0. The molecular weight excluding hydrogens is 348 g/mol. The highest BCUT2D eigenvalue weighted by molar-refractivity contribution is 6.33. The number of aryl methyl sites for hydroxylation is 1. The van der Waals surface area contributed by atoms with Crippen molar-refractivity contribution in [3.63, 3.8) is 0 Å². The van der Waals surface area contributed by atoms with Gasteiger partial charge in [0.05, 0.1) is 12.8 Å². The van der Waals surface area contributed by atoms with Crippen LogP contribution in [0.2, 0.25) is 0 Å². The van der Waals surface area contributed by atoms with Gasteiger partial charge in [-0.25, -0.2) is 4.99 Å². The number of nitrogens with zero attached hydrogens (tertiary/aromatic N) is 2. The van der Waals surface area contributed by atoms with Gasteiger partial charge in [-0.2, -0.15) is 0 Å². The predicted molar refractivity (Wildman–Crippen MR) is 113 cm³/mol. The van der Waals surface area contributed by atoms with Gasteiger partial charge in [-0.3, -0.25) is 9.69 Å². The lowest BCUT2D eigenvalue weighted by Gasteiger charge is -2.20. The van der Waals surface area contributed by atoms with E-state index in [1.807, 2.05) is 91.9 Å². The van der Waals surface area contributed by atoms with E-state index in [2.05, 4.69) is 0 Å². The van der Waals surface area contributed by atoms with Gasteiger partial charge in [0.25, 0.3) is 5.91 Å². The first-order chi connectivity index (χ1) is 13.7. The highest BCUT2D eigenvalue weighted by Gasteiger charge is 2.33. The molecule has 4 nitrogen and oxygen atoms in total. The number of carbonyl (C=O) groups is 1. The molecule has 0 aromatic heterocycles. The minimum Gasteiger partial charge on any atom is -0.497 e. The first kappa shape index (κ1) is 17.7. The van der Waals surface area contributed by atoms with Crippen LogP contribution in [0.25, 0.3) is 6.08 Å². The van der Waals surface area contributed by atoms with Crippen LogP contribution in [0.4, 0.5) is 5.69 Å². The molecule has 0 saturated heterocycles. The van der Waals surface area contributed by atoms with E-state index in [1.165, 1.54) is 0 Å². The molecule has 0 aliphatic carbocycles. The average molecular weight is 368 g/mol. The summed E-state index contributed by atoms with van der Waals surface area (Å²) in [6, 6.07) is 25.2. The van der Waals surface area contributed by atoms with E-state index in [4.69, 9.17) is 9.73 Å². The Hall–Kier alpha value is -3.66. The predicted octanol–water partition coefficient (Wildman–Crippen LogP) is 4.84. The number of para-hydroxylation sites is 1. The van der Waals surface area contributed by atoms with Crippen LogP contribution in [0.5, 0.6) is 5.75 Å². The Labute approximate surface area is 164 Å². The van der Waals surface area contributed by atoms with Gasteiger partial charge >= 0.3 is 0 Å². The van der Waals surface area contributed by atoms with Crippen molar-refractivity contribution in [1.29, 1.82) is 0 Å². The van der Waals surface area contributed by atoms with Crippen LogP contribution in [-0.4, -0.2) is 18.9 Å². The Morgan fingerprint density at radius 2 is 1.57 bits per heavy atom. The molecular formula is C24H20N2O2. The number of ether oxygens (including phenoxy) is 1. The Kier molecular flexibility index (Phi) is 4.77. The maximum absolute atomic E-state index is 13.3. The van der Waals surface area contributed by atoms with Crippen molar-refractivity contribution in [2.75, 3.05) is 12.0 Å². The second-order valence-electron chi connectivity index (χ2n) is 6.53. The fourth-order valence-electron chi connectivity index (χ4n) is 3.19. The lowest BCUT2D eigenvalue weighted by molar-refractivity contribution is -0.113. The Morgan fingerprint density at radius 1 is 0.893 bits per heavy atom. The van der Waals surface area contributed by atoms with Crippen molar-refractivity contribution in [2.45, 2.75) is 6.92 Å². The molecule has 1 heterocycles. The van der Waals surface area contributed by atoms with Crippen molar-refractivity contribution >= 4 is 23.5 Å². The third kappa shape index (κ3) is 3.32. The van der Waals surface area contributed by atoms with Gasteiger partial charge in [0.15, 0.2) is 0 Å². The molecule has 1 amide bonds. The Balaban J connectivity index is 1.81. The van der Waals surface area contributed by atoms with Crippen molar-refractivity contribution in [2.24, 2.45) is 4.99 Å². The van der Waals surface area contributed by atoms with Crippen molar-refractivity contribution in [3.05, 3.63) is 101 Å². The van der Waals surface area contributed by atoms with E-state index in [9.17, 15) is 4.79 Å². The number of aliphatic imine (C=N–C) groups is 1. The number of methoxy groups -OCH3 is 1. The normalized spacial score (nSPS) is 15.1. The van der Waals surface area contributed by atoms with Crippen LogP contribution in [0.3, 0.4) is 0 Å². The summed E-state index contributed by atoms with van der Waals surface area (Å²) in [6.45, 7) is 2.00. The summed E-state index contributed by atoms with van der Waals surface area (Å²) < 4.78 is 5.20. The molecule has 1 aliphatic rings. The number of amidine groups is 1. The lowest BCUT2D eigenvalue weighted by Crippen LogP contribution is -2.33. The lowest BCUT2D eigenvalue weighted by atomic mass is 10.1. The van der Waals surface area contributed by atoms with Gasteiger partial charge in [-0.15, -0.1) is 0 Å². The van der Waals surface area contributed by atoms with E-state index < -0.39 is 0 Å². The molecule has 0 bridgehead atoms. The summed E-state index contributed by atoms with van der Waals surface area (Å²) in [5.41, 5.74) is 4.06. The molecule has 3 aromatic rings. The van der Waals surface area contributed by atoms with Gasteiger partial charge in [-0.05, 0) is 42.3 Å². The molecule has 0 N–H and O–H groups in total. The molecule has 0 spiro atoms. The van der Waals surface area contributed by atoms with Crippen LogP contribution < -0.4 is 9.64 Å². The fraction of sp³-hybridized carbons (Fsp3) is 0.0833. The second-order valence-corrected chi connectivity index (χ2v) is 6.53. The van der Waals surface area contributed by atoms with Crippen molar-refractivity contribution in [1.82, 2.24) is 0 Å². The maximum Gasteiger partial charge on any atom is 0.282 e. The van der Waals surface area contributed by atoms with E-state index >= 15 is 0 Å². The molecule has 0 atom stereocenters. The zero-order valence-electron chi connectivity index (χ0n) is 15.8. The number of hydrogen-bond acceptors (Lipinski definition) is 3. The molecule has 3 aromatic carbocycles. The third-order valence-electron chi connectivity index (χ3n) is 4.67. The molecule has 138 valence electrons. The van der Waals surface area contributed by atoms with Crippen LogP contribution in [0.15, 0.2) is 89.6 Å². The topological polar surface area (TPSA) is 41.9 Å². The highest BCUT2D eigenvalue weighted by atomic mass is 16.5. The minimum absolute atomic E-state index is 0.135. The molecule has 4 heteroatoms. The molecule has 4 rings (SSSR count). The zero-order chi connectivity index (χ0) is 19.5. The van der Waals surface area contributed by atoms with Gasteiger partial charge in [0.1, 0.15) is 17.3 Å². The standard InChI is InChI=1S/C24H20N2O2/c1-17-8-6-7-11-22(17)26-23(19-9-4-3-5-10-19)25-21(24(26)27)16-18-12-14-20(28-2)15-13-18/h3-16H,1-2H3/b21-16-. The smallest absolute Gasteiger partial charge is 0.282 e. The van der Waals surface area contributed by atoms with Gasteiger partial charge in [0.2, 0.25) is 0 Å². The molecule has 0 radical (unpaired) electrons. The fourth-order valence-corrected chi connectivity index (χ4v) is 3.19. The molecule has 0 unspecified atom stereocenters. The minimum atomic E-state index is -0.135. The van der Waals surface area contributed by atoms with E-state index in [1.54, 1.807) is 12.0 Å². The number of carbonyl (C=O) groups excluding carboxylic acids is 1. The highest BCUT2D eigenvalue weighted by Crippen LogP contribution is 2.30. The van der Waals surface area contributed by atoms with Crippen molar-refractivity contribution < 1.29 is 9.53 Å². The van der Waals surface area contributed by atoms with Crippen LogP contribution in [-0.2, 0) is 4.79 Å². The third-order valence-corrected chi connectivity index (χ3v) is 4.67. The number of rotatable bonds is 4. The van der Waals surface area contributed by atoms with E-state index in [0.29, 0.717) is 11.5 Å². The number of benzene rings is 3. The Bertz CT molecular complexity index is 1070. The Morgan fingerprint density at radius 3 is 2.25 bits per heavy atom. The molecule has 28 heavy (non-hydrogen) atoms. The van der Waals surface area contributed by atoms with Gasteiger partial charge in [-0.1, -0.05) is 60.7 Å². The number of anilines is 1. The number of amides is 1. The first-order valence-corrected chi connectivity index (χ1v) is 9.07. The molecule has 0 fully saturated rings. The van der Waals surface area contributed by atoms with Crippen LogP contribution in [0.1, 0.15) is 16.7 Å². The van der Waals surface area contributed by atoms with Crippen molar-refractivity contribution in [3.8, 4) is 5.75 Å². The summed E-state index contributed by atoms with van der Waals surface area (Å²) >= 11 is 0. The quantitative estimate of drug-likeness (QED) is 0.619. The summed E-state index contributed by atoms with van der Waals surface area (Å²) in [6.07, 6.45) is 1.81. The molecule has 0 saturated carbocycles. The maximum atomic E-state index is 13.3. The monoisotopic (exact) mass is 368 g/mol. The second kappa shape index (κ2) is 7.53. The van der Waals surface area contributed by atoms with Gasteiger partial charge in [0, 0.05) is 5.56 Å². The first-order valence-electron chi connectivity index (χ1n) is 9.07. The SMILES string of the molecule is COc1ccc(/C=C2\N=C(c3ccccc3)N(c3ccccc3C)C2=O)cc1. The van der Waals surface area contributed by atoms with Gasteiger partial charge < -0.3 is 4.74 Å². The van der Waals surface area contributed by atoms with E-state index in [0.717, 1.165) is 28.1 Å². The number of hydrogen-bond donors (Lipinski definition) is 0. The van der Waals surface area contributed by atoms with E-state index in [-0.39, 0.29) is 5.91 Å². The molecule has 1 aliphatic heterocycles. The zero-order valence-corrected chi connectivity index (χ0v) is 15.8. The summed E-state index contributed by atoms with van der Waals surface area (Å²) in [4.78, 5) is 19.7. The van der Waals surface area contributed by atoms with Crippen LogP contribution in [0, 0.1) is 6.92 Å². The largest absolute Gasteiger partial charge is 0.497 e.